The lowest BCUT2D eigenvalue weighted by Crippen LogP contribution is -2.34. The summed E-state index contributed by atoms with van der Waals surface area (Å²) in [5.41, 5.74) is 1.34. The molecule has 166 valence electrons. The minimum atomic E-state index is -0.535. The molecule has 0 unspecified atom stereocenters. The number of benzene rings is 2. The minimum Gasteiger partial charge on any atom is -0.486 e. The summed E-state index contributed by atoms with van der Waals surface area (Å²) >= 11 is 0. The molecule has 0 aromatic heterocycles. The second kappa shape index (κ2) is 7.32. The van der Waals surface area contributed by atoms with Gasteiger partial charge in [0, 0.05) is 49.3 Å². The molecule has 2 aromatic rings. The summed E-state index contributed by atoms with van der Waals surface area (Å²) in [5, 5.41) is 2.94. The molecule has 1 saturated carbocycles. The van der Waals surface area contributed by atoms with Crippen LogP contribution in [0.5, 0.6) is 23.0 Å². The van der Waals surface area contributed by atoms with Crippen LogP contribution in [0, 0.1) is 5.92 Å². The van der Waals surface area contributed by atoms with E-state index in [1.165, 1.54) is 0 Å². The standard InChI is InChI=1S/C24H24N2O6/c27-22-11-15(14-26(22)17-4-6-18-20(13-17)30-10-9-29-18)23(28)25-16-3-5-19-21(12-16)32-24(31-19)7-1-2-8-24/h3-6,12-13,15H,1-2,7-11,14H2,(H,25,28)/t15-/m0/s1. The lowest BCUT2D eigenvalue weighted by molar-refractivity contribution is -0.122. The summed E-state index contributed by atoms with van der Waals surface area (Å²) in [6.07, 6.45) is 4.10. The third kappa shape index (κ3) is 3.30. The van der Waals surface area contributed by atoms with Gasteiger partial charge >= 0.3 is 0 Å². The lowest BCUT2D eigenvalue weighted by Gasteiger charge is -2.22. The van der Waals surface area contributed by atoms with Crippen LogP contribution >= 0.6 is 0 Å². The molecule has 8 nitrogen and oxygen atoms in total. The Bertz CT molecular complexity index is 1090. The maximum Gasteiger partial charge on any atom is 0.251 e. The van der Waals surface area contributed by atoms with E-state index in [2.05, 4.69) is 5.32 Å². The quantitative estimate of drug-likeness (QED) is 0.793. The van der Waals surface area contributed by atoms with Crippen molar-refractivity contribution in [1.82, 2.24) is 0 Å². The van der Waals surface area contributed by atoms with Gasteiger partial charge in [0.15, 0.2) is 23.0 Å². The van der Waals surface area contributed by atoms with Crippen LogP contribution in [0.4, 0.5) is 11.4 Å². The largest absolute Gasteiger partial charge is 0.486 e. The van der Waals surface area contributed by atoms with E-state index in [0.29, 0.717) is 54.1 Å². The fourth-order valence-electron chi connectivity index (χ4n) is 4.87. The molecule has 0 bridgehead atoms. The summed E-state index contributed by atoms with van der Waals surface area (Å²) < 4.78 is 23.3. The first-order chi connectivity index (χ1) is 15.6. The number of anilines is 2. The minimum absolute atomic E-state index is 0.0873. The molecular weight excluding hydrogens is 412 g/mol. The monoisotopic (exact) mass is 436 g/mol. The number of nitrogens with zero attached hydrogens (tertiary/aromatic N) is 1. The van der Waals surface area contributed by atoms with Gasteiger partial charge in [-0.15, -0.1) is 0 Å². The Kier molecular flexibility index (Phi) is 4.41. The molecule has 1 atom stereocenters. The van der Waals surface area contributed by atoms with E-state index in [1.54, 1.807) is 23.1 Å². The molecule has 1 aliphatic carbocycles. The first-order valence-corrected chi connectivity index (χ1v) is 11.1. The number of carbonyl (C=O) groups excluding carboxylic acids is 2. The average molecular weight is 436 g/mol. The summed E-state index contributed by atoms with van der Waals surface area (Å²) in [6.45, 7) is 1.31. The van der Waals surface area contributed by atoms with E-state index >= 15 is 0 Å². The van der Waals surface area contributed by atoms with Gasteiger partial charge in [-0.05, 0) is 37.1 Å². The van der Waals surface area contributed by atoms with E-state index < -0.39 is 11.7 Å². The number of fused-ring (bicyclic) bond motifs is 2. The third-order valence-electron chi connectivity index (χ3n) is 6.50. The van der Waals surface area contributed by atoms with Crippen molar-refractivity contribution in [2.75, 3.05) is 30.0 Å². The van der Waals surface area contributed by atoms with Crippen molar-refractivity contribution >= 4 is 23.2 Å². The van der Waals surface area contributed by atoms with Crippen molar-refractivity contribution in [3.8, 4) is 23.0 Å². The maximum absolute atomic E-state index is 12.9. The van der Waals surface area contributed by atoms with Crippen LogP contribution in [0.25, 0.3) is 0 Å². The van der Waals surface area contributed by atoms with E-state index in [-0.39, 0.29) is 18.2 Å². The molecule has 32 heavy (non-hydrogen) atoms. The first kappa shape index (κ1) is 19.3. The van der Waals surface area contributed by atoms with E-state index in [4.69, 9.17) is 18.9 Å². The number of nitrogens with one attached hydrogen (secondary N) is 1. The molecule has 2 fully saturated rings. The normalized spacial score (nSPS) is 22.4. The van der Waals surface area contributed by atoms with Crippen molar-refractivity contribution in [2.45, 2.75) is 37.9 Å². The van der Waals surface area contributed by atoms with Gasteiger partial charge in [-0.3, -0.25) is 9.59 Å². The summed E-state index contributed by atoms with van der Waals surface area (Å²) in [6, 6.07) is 10.9. The number of hydrogen-bond acceptors (Lipinski definition) is 6. The predicted molar refractivity (Wildman–Crippen MR) is 115 cm³/mol. The molecule has 8 heteroatoms. The van der Waals surface area contributed by atoms with Crippen molar-refractivity contribution in [3.05, 3.63) is 36.4 Å². The Labute approximate surface area is 185 Å². The molecule has 0 radical (unpaired) electrons. The molecule has 3 heterocycles. The molecular formula is C24H24N2O6. The van der Waals surface area contributed by atoms with Gasteiger partial charge in [0.25, 0.3) is 5.79 Å². The maximum atomic E-state index is 12.9. The van der Waals surface area contributed by atoms with Gasteiger partial charge in [0.1, 0.15) is 13.2 Å². The van der Waals surface area contributed by atoms with Crippen LogP contribution in [-0.4, -0.2) is 37.4 Å². The number of hydrogen-bond donors (Lipinski definition) is 1. The highest BCUT2D eigenvalue weighted by molar-refractivity contribution is 6.03. The number of rotatable bonds is 3. The smallest absolute Gasteiger partial charge is 0.251 e. The van der Waals surface area contributed by atoms with Gasteiger partial charge in [-0.2, -0.15) is 0 Å². The van der Waals surface area contributed by atoms with Crippen molar-refractivity contribution in [1.29, 1.82) is 0 Å². The number of ether oxygens (including phenoxy) is 4. The molecule has 2 aromatic carbocycles. The number of carbonyl (C=O) groups is 2. The van der Waals surface area contributed by atoms with Gasteiger partial charge in [0.05, 0.1) is 5.92 Å². The van der Waals surface area contributed by atoms with Crippen molar-refractivity contribution < 1.29 is 28.5 Å². The summed E-state index contributed by atoms with van der Waals surface area (Å²) in [4.78, 5) is 27.2. The average Bonchev–Trinajstić information content (AvgIpc) is 3.51. The summed E-state index contributed by atoms with van der Waals surface area (Å²) in [7, 11) is 0. The second-order valence-electron chi connectivity index (χ2n) is 8.71. The van der Waals surface area contributed by atoms with E-state index in [0.717, 1.165) is 25.7 Å². The van der Waals surface area contributed by atoms with Gasteiger partial charge in [0.2, 0.25) is 11.8 Å². The molecule has 4 aliphatic rings. The zero-order chi connectivity index (χ0) is 21.7. The van der Waals surface area contributed by atoms with Crippen molar-refractivity contribution in [2.24, 2.45) is 5.92 Å². The van der Waals surface area contributed by atoms with Crippen LogP contribution in [0.15, 0.2) is 36.4 Å². The van der Waals surface area contributed by atoms with E-state index in [1.807, 2.05) is 18.2 Å². The van der Waals surface area contributed by atoms with Gasteiger partial charge < -0.3 is 29.2 Å². The Morgan fingerprint density at radius 1 is 0.938 bits per heavy atom. The molecule has 6 rings (SSSR count). The van der Waals surface area contributed by atoms with Gasteiger partial charge in [-0.1, -0.05) is 0 Å². The highest BCUT2D eigenvalue weighted by Crippen LogP contribution is 2.47. The Morgan fingerprint density at radius 3 is 2.53 bits per heavy atom. The fraction of sp³-hybridized carbons (Fsp3) is 0.417. The predicted octanol–water partition coefficient (Wildman–Crippen LogP) is 3.49. The SMILES string of the molecule is O=C(Nc1ccc2c(c1)OC1(CCCC1)O2)[C@H]1CC(=O)N(c2ccc3c(c2)OCCO3)C1. The third-order valence-corrected chi connectivity index (χ3v) is 6.50. The molecule has 2 amide bonds. The highest BCUT2D eigenvalue weighted by atomic mass is 16.7. The van der Waals surface area contributed by atoms with Gasteiger partial charge in [-0.25, -0.2) is 0 Å². The lowest BCUT2D eigenvalue weighted by atomic mass is 10.1. The zero-order valence-electron chi connectivity index (χ0n) is 17.6. The van der Waals surface area contributed by atoms with E-state index in [9.17, 15) is 9.59 Å². The first-order valence-electron chi connectivity index (χ1n) is 11.1. The molecule has 1 N–H and O–H groups in total. The molecule has 1 saturated heterocycles. The zero-order valence-corrected chi connectivity index (χ0v) is 17.6. The Morgan fingerprint density at radius 2 is 1.69 bits per heavy atom. The van der Waals surface area contributed by atoms with Crippen LogP contribution in [-0.2, 0) is 9.59 Å². The van der Waals surface area contributed by atoms with Crippen LogP contribution < -0.4 is 29.2 Å². The topological polar surface area (TPSA) is 86.3 Å². The number of amides is 2. The fourth-order valence-corrected chi connectivity index (χ4v) is 4.87. The molecule has 1 spiro atoms. The van der Waals surface area contributed by atoms with Crippen LogP contribution in [0.3, 0.4) is 0 Å². The summed E-state index contributed by atoms with van der Waals surface area (Å²) in [5.74, 6) is 1.41. The Hall–Kier alpha value is -3.42. The van der Waals surface area contributed by atoms with Crippen LogP contribution in [0.2, 0.25) is 0 Å². The molecule has 3 aliphatic heterocycles. The highest BCUT2D eigenvalue weighted by Gasteiger charge is 2.44. The second-order valence-corrected chi connectivity index (χ2v) is 8.71. The van der Waals surface area contributed by atoms with Crippen LogP contribution in [0.1, 0.15) is 32.1 Å². The Balaban J connectivity index is 1.13. The van der Waals surface area contributed by atoms with Crippen molar-refractivity contribution in [3.63, 3.8) is 0 Å².